The number of amides is 1. The maximum absolute atomic E-state index is 12.0. The highest BCUT2D eigenvalue weighted by atomic mass is 32.1. The third kappa shape index (κ3) is 5.18. The van der Waals surface area contributed by atoms with E-state index in [4.69, 9.17) is 4.37 Å². The number of aromatic nitrogens is 1. The quantitative estimate of drug-likeness (QED) is 0.602. The highest BCUT2D eigenvalue weighted by Crippen LogP contribution is 2.29. The lowest BCUT2D eigenvalue weighted by Gasteiger charge is -2.35. The SMILES string of the molecule is CC(C)CC(=O)Nc1cccc(CCN2CCN(c3nsc4ccccc34)CC2)c1. The van der Waals surface area contributed by atoms with Gasteiger partial charge in [-0.2, -0.15) is 4.37 Å². The van der Waals surface area contributed by atoms with E-state index in [0.717, 1.165) is 50.6 Å². The van der Waals surface area contributed by atoms with Gasteiger partial charge in [0.2, 0.25) is 5.91 Å². The molecule has 0 radical (unpaired) electrons. The molecule has 1 aliphatic rings. The number of nitrogens with one attached hydrogen (secondary N) is 1. The minimum Gasteiger partial charge on any atom is -0.353 e. The molecule has 0 unspecified atom stereocenters. The van der Waals surface area contributed by atoms with Crippen LogP contribution in [0.3, 0.4) is 0 Å². The number of fused-ring (bicyclic) bond motifs is 1. The van der Waals surface area contributed by atoms with Gasteiger partial charge in [0.1, 0.15) is 5.82 Å². The van der Waals surface area contributed by atoms with Gasteiger partial charge in [-0.3, -0.25) is 9.69 Å². The fraction of sp³-hybridized carbons (Fsp3) is 0.417. The van der Waals surface area contributed by atoms with Gasteiger partial charge in [-0.25, -0.2) is 0 Å². The summed E-state index contributed by atoms with van der Waals surface area (Å²) in [6, 6.07) is 16.7. The summed E-state index contributed by atoms with van der Waals surface area (Å²) in [6.07, 6.45) is 1.55. The van der Waals surface area contributed by atoms with Crippen molar-refractivity contribution in [3.8, 4) is 0 Å². The Balaban J connectivity index is 1.28. The largest absolute Gasteiger partial charge is 0.353 e. The molecule has 2 heterocycles. The summed E-state index contributed by atoms with van der Waals surface area (Å²) < 4.78 is 5.96. The highest BCUT2D eigenvalue weighted by molar-refractivity contribution is 7.13. The third-order valence-corrected chi connectivity index (χ3v) is 6.37. The molecule has 6 heteroatoms. The van der Waals surface area contributed by atoms with Crippen molar-refractivity contribution in [1.29, 1.82) is 0 Å². The van der Waals surface area contributed by atoms with Gasteiger partial charge < -0.3 is 10.2 Å². The molecule has 4 rings (SSSR count). The topological polar surface area (TPSA) is 48.5 Å². The Hall–Kier alpha value is -2.44. The van der Waals surface area contributed by atoms with Crippen LogP contribution in [0.2, 0.25) is 0 Å². The molecule has 3 aromatic rings. The van der Waals surface area contributed by atoms with Gasteiger partial charge >= 0.3 is 0 Å². The molecule has 1 fully saturated rings. The van der Waals surface area contributed by atoms with Crippen LogP contribution in [0.5, 0.6) is 0 Å². The van der Waals surface area contributed by atoms with Gasteiger partial charge in [-0.15, -0.1) is 0 Å². The second-order valence-electron chi connectivity index (χ2n) is 8.43. The van der Waals surface area contributed by atoms with Crippen LogP contribution in [-0.2, 0) is 11.2 Å². The predicted molar refractivity (Wildman–Crippen MR) is 127 cm³/mol. The van der Waals surface area contributed by atoms with Crippen molar-refractivity contribution < 1.29 is 4.79 Å². The van der Waals surface area contributed by atoms with E-state index in [0.29, 0.717) is 12.3 Å². The highest BCUT2D eigenvalue weighted by Gasteiger charge is 2.20. The monoisotopic (exact) mass is 422 g/mol. The first kappa shape index (κ1) is 20.8. The molecule has 2 aromatic carbocycles. The molecular weight excluding hydrogens is 392 g/mol. The van der Waals surface area contributed by atoms with Gasteiger partial charge in [0, 0.05) is 50.2 Å². The minimum absolute atomic E-state index is 0.0906. The van der Waals surface area contributed by atoms with Crippen LogP contribution in [0.15, 0.2) is 48.5 Å². The Labute approximate surface area is 182 Å². The van der Waals surface area contributed by atoms with Crippen LogP contribution in [-0.4, -0.2) is 47.9 Å². The summed E-state index contributed by atoms with van der Waals surface area (Å²) in [5.74, 6) is 1.60. The molecule has 1 aromatic heterocycles. The molecule has 1 amide bonds. The zero-order valence-corrected chi connectivity index (χ0v) is 18.6. The molecule has 158 valence electrons. The van der Waals surface area contributed by atoms with E-state index in [1.165, 1.54) is 15.6 Å². The van der Waals surface area contributed by atoms with Crippen LogP contribution < -0.4 is 10.2 Å². The molecule has 0 spiro atoms. The first-order valence-electron chi connectivity index (χ1n) is 10.8. The maximum Gasteiger partial charge on any atom is 0.224 e. The van der Waals surface area contributed by atoms with E-state index in [2.05, 4.69) is 65.4 Å². The lowest BCUT2D eigenvalue weighted by Crippen LogP contribution is -2.47. The molecule has 1 aliphatic heterocycles. The summed E-state index contributed by atoms with van der Waals surface area (Å²) in [5, 5.41) is 4.29. The lowest BCUT2D eigenvalue weighted by atomic mass is 10.1. The Kier molecular flexibility index (Phi) is 6.65. The Bertz CT molecular complexity index is 992. The zero-order chi connectivity index (χ0) is 20.9. The van der Waals surface area contributed by atoms with E-state index in [1.807, 2.05) is 12.1 Å². The van der Waals surface area contributed by atoms with Gasteiger partial charge in [0.25, 0.3) is 0 Å². The van der Waals surface area contributed by atoms with Crippen LogP contribution in [0.4, 0.5) is 11.5 Å². The van der Waals surface area contributed by atoms with Crippen molar-refractivity contribution in [1.82, 2.24) is 9.27 Å². The molecule has 0 aliphatic carbocycles. The van der Waals surface area contributed by atoms with Crippen molar-refractivity contribution in [2.24, 2.45) is 5.92 Å². The zero-order valence-electron chi connectivity index (χ0n) is 17.8. The second-order valence-corrected chi connectivity index (χ2v) is 9.23. The fourth-order valence-corrected chi connectivity index (χ4v) is 4.75. The van der Waals surface area contributed by atoms with Gasteiger partial charge in [0.15, 0.2) is 0 Å². The Morgan fingerprint density at radius 1 is 1.10 bits per heavy atom. The lowest BCUT2D eigenvalue weighted by molar-refractivity contribution is -0.116. The van der Waals surface area contributed by atoms with E-state index in [1.54, 1.807) is 11.5 Å². The van der Waals surface area contributed by atoms with Gasteiger partial charge in [0.05, 0.1) is 4.70 Å². The van der Waals surface area contributed by atoms with Gasteiger partial charge in [-0.05, 0) is 53.7 Å². The summed E-state index contributed by atoms with van der Waals surface area (Å²) in [5.41, 5.74) is 2.17. The maximum atomic E-state index is 12.0. The van der Waals surface area contributed by atoms with E-state index in [-0.39, 0.29) is 5.91 Å². The smallest absolute Gasteiger partial charge is 0.224 e. The van der Waals surface area contributed by atoms with Gasteiger partial charge in [-0.1, -0.05) is 38.1 Å². The summed E-state index contributed by atoms with van der Waals surface area (Å²) >= 11 is 1.59. The number of carbonyl (C=O) groups excluding carboxylic acids is 1. The number of carbonyl (C=O) groups is 1. The van der Waals surface area contributed by atoms with E-state index in [9.17, 15) is 4.79 Å². The first-order chi connectivity index (χ1) is 14.6. The Morgan fingerprint density at radius 2 is 1.90 bits per heavy atom. The fourth-order valence-electron chi connectivity index (χ4n) is 3.96. The Morgan fingerprint density at radius 3 is 2.70 bits per heavy atom. The van der Waals surface area contributed by atoms with E-state index >= 15 is 0 Å². The van der Waals surface area contributed by atoms with Crippen molar-refractivity contribution in [2.45, 2.75) is 26.7 Å². The molecule has 0 bridgehead atoms. The summed E-state index contributed by atoms with van der Waals surface area (Å²) in [7, 11) is 0. The molecule has 1 saturated heterocycles. The number of piperazine rings is 1. The molecular formula is C24H30N4OS. The molecule has 0 saturated carbocycles. The van der Waals surface area contributed by atoms with E-state index < -0.39 is 0 Å². The first-order valence-corrected chi connectivity index (χ1v) is 11.6. The minimum atomic E-state index is 0.0906. The van der Waals surface area contributed by atoms with Crippen LogP contribution in [0, 0.1) is 5.92 Å². The van der Waals surface area contributed by atoms with Crippen molar-refractivity contribution >= 4 is 39.0 Å². The average Bonchev–Trinajstić information content (AvgIpc) is 3.16. The number of anilines is 2. The normalized spacial score (nSPS) is 15.1. The third-order valence-electron chi connectivity index (χ3n) is 5.55. The predicted octanol–water partition coefficient (Wildman–Crippen LogP) is 4.65. The number of rotatable bonds is 7. The van der Waals surface area contributed by atoms with Crippen LogP contribution in [0.25, 0.3) is 10.1 Å². The molecule has 30 heavy (non-hydrogen) atoms. The summed E-state index contributed by atoms with van der Waals surface area (Å²) in [4.78, 5) is 17.0. The number of hydrogen-bond acceptors (Lipinski definition) is 5. The number of hydrogen-bond donors (Lipinski definition) is 1. The average molecular weight is 423 g/mol. The van der Waals surface area contributed by atoms with Crippen molar-refractivity contribution in [3.63, 3.8) is 0 Å². The van der Waals surface area contributed by atoms with Crippen LogP contribution in [0.1, 0.15) is 25.8 Å². The number of nitrogens with zero attached hydrogens (tertiary/aromatic N) is 3. The van der Waals surface area contributed by atoms with Crippen molar-refractivity contribution in [3.05, 3.63) is 54.1 Å². The molecule has 1 N–H and O–H groups in total. The number of benzene rings is 2. The van der Waals surface area contributed by atoms with Crippen molar-refractivity contribution in [2.75, 3.05) is 42.9 Å². The standard InChI is InChI=1S/C24H30N4OS/c1-18(2)16-23(29)25-20-7-5-6-19(17-20)10-11-27-12-14-28(15-13-27)24-21-8-3-4-9-22(21)30-26-24/h3-9,17-18H,10-16H2,1-2H3,(H,25,29). The van der Waals surface area contributed by atoms with Crippen LogP contribution >= 0.6 is 11.5 Å². The molecule has 0 atom stereocenters. The second kappa shape index (κ2) is 9.58. The molecule has 5 nitrogen and oxygen atoms in total. The summed E-state index contributed by atoms with van der Waals surface area (Å²) in [6.45, 7) is 9.29.